The predicted molar refractivity (Wildman–Crippen MR) is 123 cm³/mol. The Balaban J connectivity index is 1.46. The number of carbonyl (C=O) groups excluding carboxylic acids is 1. The van der Waals surface area contributed by atoms with E-state index in [0.29, 0.717) is 29.5 Å². The van der Waals surface area contributed by atoms with Gasteiger partial charge >= 0.3 is 0 Å². The lowest BCUT2D eigenvalue weighted by Crippen LogP contribution is -2.14. The summed E-state index contributed by atoms with van der Waals surface area (Å²) in [4.78, 5) is 12.8. The molecule has 0 aliphatic heterocycles. The summed E-state index contributed by atoms with van der Waals surface area (Å²) in [5.41, 5.74) is 5.67. The first-order chi connectivity index (χ1) is 14.9. The first kappa shape index (κ1) is 20.9. The van der Waals surface area contributed by atoms with E-state index >= 15 is 0 Å². The molecule has 1 N–H and O–H groups in total. The molecule has 0 radical (unpaired) electrons. The minimum Gasteiger partial charge on any atom is -0.305 e. The normalized spacial score (nSPS) is 11.0. The number of anilines is 1. The van der Waals surface area contributed by atoms with E-state index in [1.54, 1.807) is 6.07 Å². The SMILES string of the molecule is Cc1cc(C)n(Cc2cccc(C(=O)Nc3cc(C)n(Cc4cccc(Cl)c4)n3)c2)n1. The van der Waals surface area contributed by atoms with Crippen LogP contribution in [0.5, 0.6) is 0 Å². The molecular weight excluding hydrogens is 410 g/mol. The third kappa shape index (κ3) is 5.03. The van der Waals surface area contributed by atoms with Crippen molar-refractivity contribution < 1.29 is 4.79 Å². The van der Waals surface area contributed by atoms with Gasteiger partial charge in [0.05, 0.1) is 18.8 Å². The highest BCUT2D eigenvalue weighted by atomic mass is 35.5. The molecule has 0 aliphatic rings. The van der Waals surface area contributed by atoms with Crippen molar-refractivity contribution in [3.8, 4) is 0 Å². The number of hydrogen-bond donors (Lipinski definition) is 1. The largest absolute Gasteiger partial charge is 0.305 e. The number of aryl methyl sites for hydroxylation is 3. The summed E-state index contributed by atoms with van der Waals surface area (Å²) in [6.45, 7) is 7.16. The smallest absolute Gasteiger partial charge is 0.256 e. The number of rotatable bonds is 6. The van der Waals surface area contributed by atoms with Crippen LogP contribution in [0.2, 0.25) is 5.02 Å². The van der Waals surface area contributed by atoms with Crippen LogP contribution in [0, 0.1) is 20.8 Å². The van der Waals surface area contributed by atoms with Crippen LogP contribution in [-0.2, 0) is 13.1 Å². The summed E-state index contributed by atoms with van der Waals surface area (Å²) in [6, 6.07) is 19.1. The quantitative estimate of drug-likeness (QED) is 0.465. The van der Waals surface area contributed by atoms with Gasteiger partial charge in [-0.05, 0) is 62.2 Å². The van der Waals surface area contributed by atoms with E-state index in [9.17, 15) is 4.79 Å². The van der Waals surface area contributed by atoms with Crippen molar-refractivity contribution in [1.29, 1.82) is 0 Å². The van der Waals surface area contributed by atoms with E-state index in [4.69, 9.17) is 11.6 Å². The Kier molecular flexibility index (Phi) is 5.91. The van der Waals surface area contributed by atoms with Gasteiger partial charge in [0.2, 0.25) is 0 Å². The zero-order chi connectivity index (χ0) is 22.0. The zero-order valence-corrected chi connectivity index (χ0v) is 18.5. The molecule has 0 saturated heterocycles. The third-order valence-electron chi connectivity index (χ3n) is 5.07. The van der Waals surface area contributed by atoms with E-state index in [-0.39, 0.29) is 5.91 Å². The monoisotopic (exact) mass is 433 g/mol. The predicted octanol–water partition coefficient (Wildman–Crippen LogP) is 5.01. The van der Waals surface area contributed by atoms with E-state index in [1.807, 2.05) is 84.7 Å². The van der Waals surface area contributed by atoms with Crippen molar-refractivity contribution in [1.82, 2.24) is 19.6 Å². The maximum atomic E-state index is 12.8. The van der Waals surface area contributed by atoms with Crippen molar-refractivity contribution in [3.63, 3.8) is 0 Å². The topological polar surface area (TPSA) is 64.7 Å². The van der Waals surface area contributed by atoms with Crippen LogP contribution < -0.4 is 5.32 Å². The number of nitrogens with one attached hydrogen (secondary N) is 1. The van der Waals surface area contributed by atoms with E-state index in [1.165, 1.54) is 0 Å². The number of hydrogen-bond acceptors (Lipinski definition) is 3. The lowest BCUT2D eigenvalue weighted by Gasteiger charge is -2.07. The molecule has 7 heteroatoms. The Morgan fingerprint density at radius 2 is 1.52 bits per heavy atom. The first-order valence-corrected chi connectivity index (χ1v) is 10.5. The van der Waals surface area contributed by atoms with Gasteiger partial charge in [-0.2, -0.15) is 10.2 Å². The van der Waals surface area contributed by atoms with Gasteiger partial charge in [0.15, 0.2) is 5.82 Å². The second-order valence-electron chi connectivity index (χ2n) is 7.70. The van der Waals surface area contributed by atoms with Crippen molar-refractivity contribution >= 4 is 23.3 Å². The molecule has 0 spiro atoms. The summed E-state index contributed by atoms with van der Waals surface area (Å²) < 4.78 is 3.79. The standard InChI is InChI=1S/C24H24ClN5O/c1-16-10-17(2)29(27-16)14-19-6-4-8-21(12-19)24(31)26-23-11-18(3)30(28-23)15-20-7-5-9-22(25)13-20/h4-13H,14-15H2,1-3H3,(H,26,28,31). The maximum Gasteiger partial charge on any atom is 0.256 e. The number of carbonyl (C=O) groups is 1. The number of aromatic nitrogens is 4. The highest BCUT2D eigenvalue weighted by Gasteiger charge is 2.12. The van der Waals surface area contributed by atoms with Crippen LogP contribution in [0.1, 0.15) is 38.6 Å². The Labute approximate surface area is 186 Å². The lowest BCUT2D eigenvalue weighted by molar-refractivity contribution is 0.102. The van der Waals surface area contributed by atoms with Crippen LogP contribution in [0.25, 0.3) is 0 Å². The zero-order valence-electron chi connectivity index (χ0n) is 17.8. The second kappa shape index (κ2) is 8.78. The molecule has 1 amide bonds. The second-order valence-corrected chi connectivity index (χ2v) is 8.13. The molecule has 31 heavy (non-hydrogen) atoms. The van der Waals surface area contributed by atoms with Crippen LogP contribution in [0.3, 0.4) is 0 Å². The van der Waals surface area contributed by atoms with Gasteiger partial charge in [-0.25, -0.2) is 0 Å². The van der Waals surface area contributed by atoms with Gasteiger partial charge in [-0.3, -0.25) is 14.2 Å². The minimum atomic E-state index is -0.192. The third-order valence-corrected chi connectivity index (χ3v) is 5.30. The highest BCUT2D eigenvalue weighted by molar-refractivity contribution is 6.30. The van der Waals surface area contributed by atoms with Gasteiger partial charge in [0, 0.05) is 28.0 Å². The van der Waals surface area contributed by atoms with E-state index in [0.717, 1.165) is 28.2 Å². The summed E-state index contributed by atoms with van der Waals surface area (Å²) in [7, 11) is 0. The van der Waals surface area contributed by atoms with Crippen molar-refractivity contribution in [2.75, 3.05) is 5.32 Å². The summed E-state index contributed by atoms with van der Waals surface area (Å²) in [5.74, 6) is 0.330. The summed E-state index contributed by atoms with van der Waals surface area (Å²) in [6.07, 6.45) is 0. The van der Waals surface area contributed by atoms with Gasteiger partial charge in [-0.1, -0.05) is 35.9 Å². The van der Waals surface area contributed by atoms with Gasteiger partial charge < -0.3 is 5.32 Å². The lowest BCUT2D eigenvalue weighted by atomic mass is 10.1. The molecule has 158 valence electrons. The highest BCUT2D eigenvalue weighted by Crippen LogP contribution is 2.16. The molecule has 2 heterocycles. The molecule has 0 bridgehead atoms. The van der Waals surface area contributed by atoms with E-state index < -0.39 is 0 Å². The average Bonchev–Trinajstić information content (AvgIpc) is 3.22. The molecule has 2 aromatic heterocycles. The van der Waals surface area contributed by atoms with Crippen LogP contribution in [-0.4, -0.2) is 25.5 Å². The molecule has 2 aromatic carbocycles. The molecule has 4 rings (SSSR count). The first-order valence-electron chi connectivity index (χ1n) is 10.1. The molecule has 0 unspecified atom stereocenters. The van der Waals surface area contributed by atoms with Crippen molar-refractivity contribution in [2.24, 2.45) is 0 Å². The summed E-state index contributed by atoms with van der Waals surface area (Å²) >= 11 is 6.07. The molecule has 0 aliphatic carbocycles. The maximum absolute atomic E-state index is 12.8. The minimum absolute atomic E-state index is 0.192. The van der Waals surface area contributed by atoms with Crippen molar-refractivity contribution in [2.45, 2.75) is 33.9 Å². The molecular formula is C24H24ClN5O. The van der Waals surface area contributed by atoms with Gasteiger partial charge in [-0.15, -0.1) is 0 Å². The Morgan fingerprint density at radius 1 is 0.871 bits per heavy atom. The molecule has 0 fully saturated rings. The van der Waals surface area contributed by atoms with Crippen LogP contribution in [0.15, 0.2) is 60.7 Å². The summed E-state index contributed by atoms with van der Waals surface area (Å²) in [5, 5.41) is 12.6. The fourth-order valence-corrected chi connectivity index (χ4v) is 3.76. The van der Waals surface area contributed by atoms with Crippen molar-refractivity contribution in [3.05, 3.63) is 99.5 Å². The van der Waals surface area contributed by atoms with E-state index in [2.05, 4.69) is 15.5 Å². The fourth-order valence-electron chi connectivity index (χ4n) is 3.55. The van der Waals surface area contributed by atoms with Crippen LogP contribution >= 0.6 is 11.6 Å². The average molecular weight is 434 g/mol. The number of amides is 1. The molecule has 4 aromatic rings. The number of halogens is 1. The molecule has 0 atom stereocenters. The Bertz CT molecular complexity index is 1240. The molecule has 0 saturated carbocycles. The van der Waals surface area contributed by atoms with Gasteiger partial charge in [0.25, 0.3) is 5.91 Å². The Morgan fingerprint density at radius 3 is 2.19 bits per heavy atom. The molecule has 6 nitrogen and oxygen atoms in total. The van der Waals surface area contributed by atoms with Crippen LogP contribution in [0.4, 0.5) is 5.82 Å². The number of benzene rings is 2. The van der Waals surface area contributed by atoms with Gasteiger partial charge in [0.1, 0.15) is 0 Å². The number of nitrogens with zero attached hydrogens (tertiary/aromatic N) is 4. The Hall–Kier alpha value is -3.38. The fraction of sp³-hybridized carbons (Fsp3) is 0.208.